The van der Waals surface area contributed by atoms with Crippen molar-refractivity contribution in [3.05, 3.63) is 0 Å². The van der Waals surface area contributed by atoms with E-state index in [1.54, 1.807) is 7.11 Å². The molecule has 0 aromatic rings. The van der Waals surface area contributed by atoms with Gasteiger partial charge in [0, 0.05) is 20.2 Å². The zero-order valence-corrected chi connectivity index (χ0v) is 12.5. The molecule has 0 aliphatic heterocycles. The third-order valence-electron chi connectivity index (χ3n) is 2.74. The lowest BCUT2D eigenvalue weighted by Crippen LogP contribution is -2.43. The zero-order chi connectivity index (χ0) is 14.8. The number of nitrogens with zero attached hydrogens (tertiary/aromatic N) is 1. The third-order valence-corrected chi connectivity index (χ3v) is 3.02. The molecule has 7 heteroatoms. The van der Waals surface area contributed by atoms with Gasteiger partial charge in [-0.05, 0) is 6.42 Å². The van der Waals surface area contributed by atoms with E-state index in [9.17, 15) is 9.59 Å². The van der Waals surface area contributed by atoms with Crippen molar-refractivity contribution in [2.45, 2.75) is 19.8 Å². The number of amides is 1. The molecule has 1 atom stereocenters. The second-order valence-corrected chi connectivity index (χ2v) is 4.48. The molecule has 0 bridgehead atoms. The van der Waals surface area contributed by atoms with Gasteiger partial charge in [-0.2, -0.15) is 0 Å². The Labute approximate surface area is 119 Å². The van der Waals surface area contributed by atoms with Gasteiger partial charge in [-0.3, -0.25) is 9.59 Å². The minimum absolute atomic E-state index is 0.139. The fraction of sp³-hybridized carbons (Fsp3) is 0.750. The van der Waals surface area contributed by atoms with Gasteiger partial charge in [-0.25, -0.2) is 0 Å². The molecule has 110 valence electrons. The number of hydrogen-bond donors (Lipinski definition) is 1. The van der Waals surface area contributed by atoms with E-state index < -0.39 is 5.92 Å². The first-order valence-electron chi connectivity index (χ1n) is 6.11. The molecule has 0 spiro atoms. The molecule has 0 fully saturated rings. The highest BCUT2D eigenvalue weighted by Crippen LogP contribution is 2.09. The smallest absolute Gasteiger partial charge is 0.307 e. The topological polar surface area (TPSA) is 81.9 Å². The number of ether oxygens (including phenoxy) is 2. The summed E-state index contributed by atoms with van der Waals surface area (Å²) in [6.45, 7) is 2.90. The molecule has 0 aliphatic carbocycles. The predicted octanol–water partition coefficient (Wildman–Crippen LogP) is 0.337. The van der Waals surface area contributed by atoms with Crippen LogP contribution in [0, 0.1) is 5.92 Å². The van der Waals surface area contributed by atoms with Crippen LogP contribution in [0.4, 0.5) is 0 Å². The highest BCUT2D eigenvalue weighted by molar-refractivity contribution is 7.80. The second kappa shape index (κ2) is 9.69. The zero-order valence-electron chi connectivity index (χ0n) is 11.7. The van der Waals surface area contributed by atoms with Gasteiger partial charge < -0.3 is 20.1 Å². The van der Waals surface area contributed by atoms with E-state index in [0.717, 1.165) is 0 Å². The first kappa shape index (κ1) is 17.8. The Morgan fingerprint density at radius 1 is 1.32 bits per heavy atom. The quantitative estimate of drug-likeness (QED) is 0.487. The lowest BCUT2D eigenvalue weighted by Gasteiger charge is -2.26. The van der Waals surface area contributed by atoms with E-state index in [1.165, 1.54) is 12.0 Å². The summed E-state index contributed by atoms with van der Waals surface area (Å²) in [7, 11) is 2.86. The van der Waals surface area contributed by atoms with Gasteiger partial charge >= 0.3 is 5.97 Å². The third kappa shape index (κ3) is 6.49. The van der Waals surface area contributed by atoms with Crippen molar-refractivity contribution in [3.8, 4) is 0 Å². The van der Waals surface area contributed by atoms with E-state index >= 15 is 0 Å². The summed E-state index contributed by atoms with van der Waals surface area (Å²) in [6, 6.07) is 0. The predicted molar refractivity (Wildman–Crippen MR) is 75.7 cm³/mol. The fourth-order valence-corrected chi connectivity index (χ4v) is 1.85. The van der Waals surface area contributed by atoms with Crippen LogP contribution in [0.25, 0.3) is 0 Å². The second-order valence-electron chi connectivity index (χ2n) is 4.01. The van der Waals surface area contributed by atoms with Gasteiger partial charge in [-0.15, -0.1) is 0 Å². The van der Waals surface area contributed by atoms with Crippen molar-refractivity contribution in [2.24, 2.45) is 11.7 Å². The maximum atomic E-state index is 12.3. The van der Waals surface area contributed by atoms with Crippen LogP contribution in [0.3, 0.4) is 0 Å². The molecule has 0 aromatic carbocycles. The first-order valence-corrected chi connectivity index (χ1v) is 6.52. The molecule has 0 saturated carbocycles. The van der Waals surface area contributed by atoms with Crippen LogP contribution >= 0.6 is 12.2 Å². The Balaban J connectivity index is 4.66. The Morgan fingerprint density at radius 2 is 1.95 bits per heavy atom. The average molecular weight is 290 g/mol. The normalized spacial score (nSPS) is 11.7. The standard InChI is InChI=1S/C12H22N2O4S/c1-4-9(11(13)19)12(16)14(7-8-17-2)6-5-10(15)18-3/h9H,4-8H2,1-3H3,(H2,13,19). The monoisotopic (exact) mass is 290 g/mol. The summed E-state index contributed by atoms with van der Waals surface area (Å²) in [5.41, 5.74) is 5.56. The number of methoxy groups -OCH3 is 2. The number of carbonyl (C=O) groups is 2. The number of esters is 1. The SMILES string of the molecule is CCC(C(=O)N(CCOC)CCC(=O)OC)C(N)=S. The number of carbonyl (C=O) groups excluding carboxylic acids is 2. The molecule has 0 heterocycles. The number of hydrogen-bond acceptors (Lipinski definition) is 5. The van der Waals surface area contributed by atoms with Crippen LogP contribution in [0.5, 0.6) is 0 Å². The molecule has 6 nitrogen and oxygen atoms in total. The highest BCUT2D eigenvalue weighted by Gasteiger charge is 2.25. The summed E-state index contributed by atoms with van der Waals surface area (Å²) < 4.78 is 9.52. The van der Waals surface area contributed by atoms with Crippen LogP contribution in [0.1, 0.15) is 19.8 Å². The molecular weight excluding hydrogens is 268 g/mol. The van der Waals surface area contributed by atoms with Gasteiger partial charge in [-0.1, -0.05) is 19.1 Å². The Morgan fingerprint density at radius 3 is 2.37 bits per heavy atom. The molecule has 19 heavy (non-hydrogen) atoms. The van der Waals surface area contributed by atoms with E-state index in [0.29, 0.717) is 19.6 Å². The molecule has 1 amide bonds. The largest absolute Gasteiger partial charge is 0.469 e. The lowest BCUT2D eigenvalue weighted by molar-refractivity contribution is -0.142. The van der Waals surface area contributed by atoms with E-state index in [4.69, 9.17) is 22.7 Å². The van der Waals surface area contributed by atoms with Gasteiger partial charge in [0.25, 0.3) is 0 Å². The van der Waals surface area contributed by atoms with Gasteiger partial charge in [0.2, 0.25) is 5.91 Å². The van der Waals surface area contributed by atoms with Gasteiger partial charge in [0.1, 0.15) is 0 Å². The van der Waals surface area contributed by atoms with Crippen molar-refractivity contribution in [1.82, 2.24) is 4.90 Å². The Kier molecular flexibility index (Phi) is 9.07. The molecule has 0 radical (unpaired) electrons. The van der Waals surface area contributed by atoms with E-state index in [2.05, 4.69) is 4.74 Å². The highest BCUT2D eigenvalue weighted by atomic mass is 32.1. The van der Waals surface area contributed by atoms with Crippen molar-refractivity contribution in [3.63, 3.8) is 0 Å². The average Bonchev–Trinajstić information content (AvgIpc) is 2.38. The van der Waals surface area contributed by atoms with Crippen LogP contribution in [0.15, 0.2) is 0 Å². The molecule has 0 saturated heterocycles. The first-order chi connectivity index (χ1) is 8.97. The van der Waals surface area contributed by atoms with Crippen LogP contribution < -0.4 is 5.73 Å². The molecule has 0 rings (SSSR count). The molecule has 1 unspecified atom stereocenters. The van der Waals surface area contributed by atoms with E-state index in [-0.39, 0.29) is 29.8 Å². The molecule has 2 N–H and O–H groups in total. The van der Waals surface area contributed by atoms with Gasteiger partial charge in [0.05, 0.1) is 31.0 Å². The van der Waals surface area contributed by atoms with Crippen LogP contribution in [0.2, 0.25) is 0 Å². The minimum Gasteiger partial charge on any atom is -0.469 e. The molecule has 0 aromatic heterocycles. The van der Waals surface area contributed by atoms with E-state index in [1.807, 2.05) is 6.92 Å². The Hall–Kier alpha value is -1.21. The summed E-state index contributed by atoms with van der Waals surface area (Å²) in [4.78, 5) is 25.1. The lowest BCUT2D eigenvalue weighted by atomic mass is 10.0. The van der Waals surface area contributed by atoms with Crippen molar-refractivity contribution in [2.75, 3.05) is 33.9 Å². The summed E-state index contributed by atoms with van der Waals surface area (Å²) in [6.07, 6.45) is 0.676. The van der Waals surface area contributed by atoms with Crippen molar-refractivity contribution >= 4 is 29.1 Å². The summed E-state index contributed by atoms with van der Waals surface area (Å²) >= 11 is 4.89. The minimum atomic E-state index is -0.496. The summed E-state index contributed by atoms with van der Waals surface area (Å²) in [5, 5.41) is 0. The summed E-state index contributed by atoms with van der Waals surface area (Å²) in [5.74, 6) is -1.03. The number of thiocarbonyl (C=S) groups is 1. The maximum absolute atomic E-state index is 12.3. The van der Waals surface area contributed by atoms with Crippen molar-refractivity contribution < 1.29 is 19.1 Å². The fourth-order valence-electron chi connectivity index (χ4n) is 1.58. The maximum Gasteiger partial charge on any atom is 0.307 e. The number of nitrogens with two attached hydrogens (primary N) is 1. The Bertz CT molecular complexity index is 323. The molecular formula is C12H22N2O4S. The van der Waals surface area contributed by atoms with Crippen LogP contribution in [-0.4, -0.2) is 55.7 Å². The van der Waals surface area contributed by atoms with Gasteiger partial charge in [0.15, 0.2) is 0 Å². The van der Waals surface area contributed by atoms with Crippen LogP contribution in [-0.2, 0) is 19.1 Å². The molecule has 0 aliphatic rings. The number of rotatable bonds is 9. The van der Waals surface area contributed by atoms with Crippen molar-refractivity contribution in [1.29, 1.82) is 0 Å².